The van der Waals surface area contributed by atoms with E-state index in [2.05, 4.69) is 5.32 Å². The molecule has 1 aliphatic rings. The standard InChI is InChI=1S/C14H20N2O4/c1-3-5-20-13-8-11(7-12(9-13)16(17)18)15-14-4-6-19-10(14)2/h7-10,14-15H,3-6H2,1-2H3. The fraction of sp³-hybridized carbons (Fsp3) is 0.571. The maximum Gasteiger partial charge on any atom is 0.275 e. The zero-order valence-corrected chi connectivity index (χ0v) is 11.8. The SMILES string of the molecule is CCCOc1cc(NC2CCOC2C)cc([N+](=O)[O-])c1. The van der Waals surface area contributed by atoms with Crippen molar-refractivity contribution in [3.63, 3.8) is 0 Å². The molecule has 0 saturated carbocycles. The second-order valence-corrected chi connectivity index (χ2v) is 4.94. The van der Waals surface area contributed by atoms with E-state index < -0.39 is 4.92 Å². The lowest BCUT2D eigenvalue weighted by molar-refractivity contribution is -0.384. The Balaban J connectivity index is 2.17. The summed E-state index contributed by atoms with van der Waals surface area (Å²) >= 11 is 0. The first-order valence-corrected chi connectivity index (χ1v) is 6.90. The number of hydrogen-bond donors (Lipinski definition) is 1. The Labute approximate surface area is 118 Å². The minimum absolute atomic E-state index is 0.0349. The maximum atomic E-state index is 11.0. The summed E-state index contributed by atoms with van der Waals surface area (Å²) in [7, 11) is 0. The van der Waals surface area contributed by atoms with Crippen LogP contribution in [0.3, 0.4) is 0 Å². The molecule has 1 saturated heterocycles. The van der Waals surface area contributed by atoms with Crippen molar-refractivity contribution >= 4 is 11.4 Å². The highest BCUT2D eigenvalue weighted by Gasteiger charge is 2.24. The third-order valence-electron chi connectivity index (χ3n) is 3.30. The molecule has 0 radical (unpaired) electrons. The molecule has 1 aliphatic heterocycles. The van der Waals surface area contributed by atoms with E-state index in [0.717, 1.165) is 12.8 Å². The monoisotopic (exact) mass is 280 g/mol. The Bertz CT molecular complexity index is 478. The Morgan fingerprint density at radius 3 is 2.90 bits per heavy atom. The third-order valence-corrected chi connectivity index (χ3v) is 3.30. The highest BCUT2D eigenvalue weighted by Crippen LogP contribution is 2.28. The van der Waals surface area contributed by atoms with Gasteiger partial charge in [-0.2, -0.15) is 0 Å². The van der Waals surface area contributed by atoms with Crippen LogP contribution in [0.15, 0.2) is 18.2 Å². The molecule has 0 aromatic heterocycles. The van der Waals surface area contributed by atoms with Crippen molar-refractivity contribution in [3.05, 3.63) is 28.3 Å². The number of ether oxygens (including phenoxy) is 2. The van der Waals surface area contributed by atoms with Gasteiger partial charge in [0.2, 0.25) is 0 Å². The Hall–Kier alpha value is -1.82. The zero-order valence-electron chi connectivity index (χ0n) is 11.8. The van der Waals surface area contributed by atoms with Crippen molar-refractivity contribution in [2.24, 2.45) is 0 Å². The van der Waals surface area contributed by atoms with Gasteiger partial charge in [-0.25, -0.2) is 0 Å². The molecule has 1 aromatic rings. The molecular formula is C14H20N2O4. The van der Waals surface area contributed by atoms with E-state index in [1.807, 2.05) is 13.8 Å². The van der Waals surface area contributed by atoms with E-state index >= 15 is 0 Å². The molecule has 0 aliphatic carbocycles. The van der Waals surface area contributed by atoms with Crippen molar-refractivity contribution in [1.82, 2.24) is 0 Å². The summed E-state index contributed by atoms with van der Waals surface area (Å²) in [6, 6.07) is 4.96. The molecule has 6 nitrogen and oxygen atoms in total. The molecule has 2 rings (SSSR count). The number of rotatable bonds is 6. The first-order valence-electron chi connectivity index (χ1n) is 6.90. The minimum Gasteiger partial charge on any atom is -0.493 e. The van der Waals surface area contributed by atoms with Crippen molar-refractivity contribution < 1.29 is 14.4 Å². The highest BCUT2D eigenvalue weighted by atomic mass is 16.6. The van der Waals surface area contributed by atoms with Crippen molar-refractivity contribution in [1.29, 1.82) is 0 Å². The van der Waals surface area contributed by atoms with Crippen molar-refractivity contribution in [2.45, 2.75) is 38.8 Å². The lowest BCUT2D eigenvalue weighted by atomic mass is 10.1. The second-order valence-electron chi connectivity index (χ2n) is 4.94. The quantitative estimate of drug-likeness (QED) is 0.640. The van der Waals surface area contributed by atoms with Crippen LogP contribution in [-0.4, -0.2) is 30.3 Å². The smallest absolute Gasteiger partial charge is 0.275 e. The van der Waals surface area contributed by atoms with Crippen molar-refractivity contribution in [2.75, 3.05) is 18.5 Å². The fourth-order valence-corrected chi connectivity index (χ4v) is 2.21. The summed E-state index contributed by atoms with van der Waals surface area (Å²) in [5.41, 5.74) is 0.736. The number of hydrogen-bond acceptors (Lipinski definition) is 5. The van der Waals surface area contributed by atoms with E-state index in [0.29, 0.717) is 24.7 Å². The Kier molecular flexibility index (Phi) is 4.79. The van der Waals surface area contributed by atoms with Crippen LogP contribution in [0.1, 0.15) is 26.7 Å². The summed E-state index contributed by atoms with van der Waals surface area (Å²) in [6.07, 6.45) is 1.86. The van der Waals surface area contributed by atoms with Crippen LogP contribution in [0.5, 0.6) is 5.75 Å². The Morgan fingerprint density at radius 1 is 1.50 bits per heavy atom. The largest absolute Gasteiger partial charge is 0.493 e. The van der Waals surface area contributed by atoms with E-state index in [1.165, 1.54) is 12.1 Å². The maximum absolute atomic E-state index is 11.0. The van der Waals surface area contributed by atoms with Crippen LogP contribution in [0.25, 0.3) is 0 Å². The van der Waals surface area contributed by atoms with Gasteiger partial charge in [-0.05, 0) is 19.8 Å². The first kappa shape index (κ1) is 14.6. The van der Waals surface area contributed by atoms with E-state index in [-0.39, 0.29) is 17.8 Å². The Morgan fingerprint density at radius 2 is 2.30 bits per heavy atom. The van der Waals surface area contributed by atoms with Gasteiger partial charge in [-0.3, -0.25) is 10.1 Å². The van der Waals surface area contributed by atoms with Crippen LogP contribution in [0.2, 0.25) is 0 Å². The van der Waals surface area contributed by atoms with Gasteiger partial charge in [-0.1, -0.05) is 6.92 Å². The first-order chi connectivity index (χ1) is 9.60. The van der Waals surface area contributed by atoms with Crippen LogP contribution in [0.4, 0.5) is 11.4 Å². The predicted molar refractivity (Wildman–Crippen MR) is 76.3 cm³/mol. The molecule has 110 valence electrons. The number of nitrogens with zero attached hydrogens (tertiary/aromatic N) is 1. The average molecular weight is 280 g/mol. The summed E-state index contributed by atoms with van der Waals surface area (Å²) < 4.78 is 11.0. The minimum atomic E-state index is -0.404. The summed E-state index contributed by atoms with van der Waals surface area (Å²) in [5.74, 6) is 0.523. The summed E-state index contributed by atoms with van der Waals surface area (Å²) in [4.78, 5) is 10.6. The molecule has 1 N–H and O–H groups in total. The van der Waals surface area contributed by atoms with Gasteiger partial charge >= 0.3 is 0 Å². The number of nitro groups is 1. The third kappa shape index (κ3) is 3.60. The van der Waals surface area contributed by atoms with Gasteiger partial charge in [0.05, 0.1) is 29.7 Å². The molecule has 2 atom stereocenters. The zero-order chi connectivity index (χ0) is 14.5. The topological polar surface area (TPSA) is 73.6 Å². The van der Waals surface area contributed by atoms with Crippen molar-refractivity contribution in [3.8, 4) is 5.75 Å². The fourth-order valence-electron chi connectivity index (χ4n) is 2.21. The van der Waals surface area contributed by atoms with E-state index in [9.17, 15) is 10.1 Å². The molecule has 1 fully saturated rings. The highest BCUT2D eigenvalue weighted by molar-refractivity contribution is 5.57. The number of non-ortho nitro benzene ring substituents is 1. The van der Waals surface area contributed by atoms with Gasteiger partial charge in [0.25, 0.3) is 5.69 Å². The van der Waals surface area contributed by atoms with Crippen LogP contribution in [-0.2, 0) is 4.74 Å². The van der Waals surface area contributed by atoms with Crippen LogP contribution >= 0.6 is 0 Å². The van der Waals surface area contributed by atoms with Crippen LogP contribution in [0, 0.1) is 10.1 Å². The average Bonchev–Trinajstić information content (AvgIpc) is 2.81. The van der Waals surface area contributed by atoms with Gasteiger partial charge in [-0.15, -0.1) is 0 Å². The van der Waals surface area contributed by atoms with E-state index in [1.54, 1.807) is 6.07 Å². The predicted octanol–water partition coefficient (Wildman–Crippen LogP) is 2.97. The normalized spacial score (nSPS) is 21.7. The molecule has 0 spiro atoms. The number of anilines is 1. The molecule has 0 amide bonds. The molecule has 2 unspecified atom stereocenters. The van der Waals surface area contributed by atoms with Gasteiger partial charge < -0.3 is 14.8 Å². The number of benzene rings is 1. The van der Waals surface area contributed by atoms with Gasteiger partial charge in [0, 0.05) is 24.4 Å². The van der Waals surface area contributed by atoms with E-state index in [4.69, 9.17) is 9.47 Å². The molecule has 6 heteroatoms. The molecular weight excluding hydrogens is 260 g/mol. The lowest BCUT2D eigenvalue weighted by Gasteiger charge is -2.18. The summed E-state index contributed by atoms with van der Waals surface area (Å²) in [6.45, 7) is 5.25. The van der Waals surface area contributed by atoms with Gasteiger partial charge in [0.1, 0.15) is 5.75 Å². The lowest BCUT2D eigenvalue weighted by Crippen LogP contribution is -2.26. The number of nitro benzene ring substituents is 1. The molecule has 1 aromatic carbocycles. The number of nitrogens with one attached hydrogen (secondary N) is 1. The van der Waals surface area contributed by atoms with Gasteiger partial charge in [0.15, 0.2) is 0 Å². The second kappa shape index (κ2) is 6.56. The molecule has 0 bridgehead atoms. The molecule has 1 heterocycles. The summed E-state index contributed by atoms with van der Waals surface area (Å²) in [5, 5.41) is 14.3. The molecule has 20 heavy (non-hydrogen) atoms. The van der Waals surface area contributed by atoms with Crippen LogP contribution < -0.4 is 10.1 Å².